The van der Waals surface area contributed by atoms with Crippen LogP contribution in [0.25, 0.3) is 0 Å². The summed E-state index contributed by atoms with van der Waals surface area (Å²) in [4.78, 5) is 13.5. The molecule has 0 aromatic heterocycles. The van der Waals surface area contributed by atoms with E-state index in [2.05, 4.69) is 17.2 Å². The highest BCUT2D eigenvalue weighted by molar-refractivity contribution is 5.78. The quantitative estimate of drug-likeness (QED) is 0.786. The van der Waals surface area contributed by atoms with Gasteiger partial charge in [0.2, 0.25) is 5.91 Å². The van der Waals surface area contributed by atoms with Crippen molar-refractivity contribution in [3.8, 4) is 11.8 Å². The Bertz CT molecular complexity index is 486. The Morgan fingerprint density at radius 2 is 2.21 bits per heavy atom. The van der Waals surface area contributed by atoms with Gasteiger partial charge in [-0.05, 0) is 38.7 Å². The van der Waals surface area contributed by atoms with Gasteiger partial charge < -0.3 is 15.3 Å². The zero-order chi connectivity index (χ0) is 14.3. The van der Waals surface area contributed by atoms with E-state index in [1.807, 2.05) is 50.2 Å². The van der Waals surface area contributed by atoms with Crippen LogP contribution in [-0.2, 0) is 4.79 Å². The molecule has 2 N–H and O–H groups in total. The second-order valence-corrected chi connectivity index (χ2v) is 4.61. The maximum atomic E-state index is 11.7. The number of aliphatic hydroxyl groups excluding tert-OH is 1. The van der Waals surface area contributed by atoms with Crippen molar-refractivity contribution in [1.29, 1.82) is 0 Å². The normalized spacial score (nSPS) is 11.6. The van der Waals surface area contributed by atoms with Gasteiger partial charge in [-0.1, -0.05) is 24.0 Å². The van der Waals surface area contributed by atoms with Crippen LogP contribution in [0.2, 0.25) is 0 Å². The molecule has 0 aliphatic carbocycles. The lowest BCUT2D eigenvalue weighted by Crippen LogP contribution is -2.34. The Hall–Kier alpha value is -1.83. The summed E-state index contributed by atoms with van der Waals surface area (Å²) >= 11 is 0. The van der Waals surface area contributed by atoms with E-state index < -0.39 is 0 Å². The van der Waals surface area contributed by atoms with Crippen LogP contribution in [0.4, 0.5) is 0 Å². The number of aliphatic hydroxyl groups is 1. The molecule has 1 amide bonds. The Kier molecular flexibility index (Phi) is 6.07. The first-order chi connectivity index (χ1) is 9.02. The lowest BCUT2D eigenvalue weighted by Gasteiger charge is -2.16. The lowest BCUT2D eigenvalue weighted by atomic mass is 10.1. The minimum Gasteiger partial charge on any atom is -0.384 e. The molecule has 19 heavy (non-hydrogen) atoms. The molecule has 0 radical (unpaired) electrons. The van der Waals surface area contributed by atoms with E-state index >= 15 is 0 Å². The Morgan fingerprint density at radius 1 is 1.47 bits per heavy atom. The summed E-state index contributed by atoms with van der Waals surface area (Å²) in [6, 6.07) is 7.57. The summed E-state index contributed by atoms with van der Waals surface area (Å²) in [6.07, 6.45) is 0. The fraction of sp³-hybridized carbons (Fsp3) is 0.400. The predicted molar refractivity (Wildman–Crippen MR) is 75.5 cm³/mol. The Morgan fingerprint density at radius 3 is 2.84 bits per heavy atom. The highest BCUT2D eigenvalue weighted by atomic mass is 16.2. The van der Waals surface area contributed by atoms with Crippen LogP contribution in [0.1, 0.15) is 24.1 Å². The summed E-state index contributed by atoms with van der Waals surface area (Å²) in [7, 11) is 3.71. The van der Waals surface area contributed by atoms with Gasteiger partial charge in [0.1, 0.15) is 6.61 Å². The molecule has 0 aliphatic rings. The molecule has 0 fully saturated rings. The molecule has 1 atom stereocenters. The third kappa shape index (κ3) is 5.56. The van der Waals surface area contributed by atoms with E-state index in [9.17, 15) is 4.79 Å². The van der Waals surface area contributed by atoms with Crippen molar-refractivity contribution < 1.29 is 9.90 Å². The van der Waals surface area contributed by atoms with Crippen LogP contribution in [0.15, 0.2) is 24.3 Å². The SMILES string of the molecule is CC(NC(=O)CN(C)C)c1cccc(C#CCO)c1. The van der Waals surface area contributed by atoms with Gasteiger partial charge in [0.15, 0.2) is 0 Å². The van der Waals surface area contributed by atoms with Crippen molar-refractivity contribution in [2.24, 2.45) is 0 Å². The first-order valence-corrected chi connectivity index (χ1v) is 6.16. The fourth-order valence-electron chi connectivity index (χ4n) is 1.69. The van der Waals surface area contributed by atoms with Crippen molar-refractivity contribution >= 4 is 5.91 Å². The van der Waals surface area contributed by atoms with Crippen molar-refractivity contribution in [1.82, 2.24) is 10.2 Å². The molecule has 102 valence electrons. The molecular formula is C15H20N2O2. The number of carbonyl (C=O) groups is 1. The molecule has 1 rings (SSSR count). The van der Waals surface area contributed by atoms with Crippen molar-refractivity contribution in [2.45, 2.75) is 13.0 Å². The number of nitrogens with one attached hydrogen (secondary N) is 1. The fourth-order valence-corrected chi connectivity index (χ4v) is 1.69. The standard InChI is InChI=1S/C15H20N2O2/c1-12(16-15(19)11-17(2)3)14-8-4-6-13(10-14)7-5-9-18/h4,6,8,10,12,18H,9,11H2,1-3H3,(H,16,19). The second kappa shape index (κ2) is 7.57. The number of rotatable bonds is 4. The highest BCUT2D eigenvalue weighted by Gasteiger charge is 2.10. The summed E-state index contributed by atoms with van der Waals surface area (Å²) in [5.74, 6) is 5.45. The monoisotopic (exact) mass is 260 g/mol. The molecule has 0 saturated heterocycles. The van der Waals surface area contributed by atoms with E-state index in [-0.39, 0.29) is 18.6 Å². The predicted octanol–water partition coefficient (Wildman–Crippen LogP) is 0.769. The molecule has 0 heterocycles. The average Bonchev–Trinajstić information content (AvgIpc) is 2.35. The van der Waals surface area contributed by atoms with E-state index in [4.69, 9.17) is 5.11 Å². The van der Waals surface area contributed by atoms with Gasteiger partial charge in [0.05, 0.1) is 12.6 Å². The second-order valence-electron chi connectivity index (χ2n) is 4.61. The van der Waals surface area contributed by atoms with Crippen molar-refractivity contribution in [2.75, 3.05) is 27.2 Å². The first-order valence-electron chi connectivity index (χ1n) is 6.16. The lowest BCUT2D eigenvalue weighted by molar-refractivity contribution is -0.122. The van der Waals surface area contributed by atoms with Crippen LogP contribution in [0.3, 0.4) is 0 Å². The number of amides is 1. The zero-order valence-electron chi connectivity index (χ0n) is 11.6. The minimum atomic E-state index is -0.153. The number of likely N-dealkylation sites (N-methyl/N-ethyl adjacent to an activating group) is 1. The molecule has 0 saturated carbocycles. The summed E-state index contributed by atoms with van der Waals surface area (Å²) in [5.41, 5.74) is 1.83. The van der Waals surface area contributed by atoms with E-state index in [1.165, 1.54) is 0 Å². The van der Waals surface area contributed by atoms with Gasteiger partial charge in [-0.15, -0.1) is 0 Å². The van der Waals surface area contributed by atoms with Crippen LogP contribution in [-0.4, -0.2) is 43.2 Å². The van der Waals surface area contributed by atoms with Crippen LogP contribution in [0.5, 0.6) is 0 Å². The Balaban J connectivity index is 2.71. The molecule has 0 bridgehead atoms. The van der Waals surface area contributed by atoms with Crippen LogP contribution in [0, 0.1) is 11.8 Å². The maximum absolute atomic E-state index is 11.7. The number of nitrogens with zero attached hydrogens (tertiary/aromatic N) is 1. The molecule has 4 heteroatoms. The Labute approximate surface area is 114 Å². The third-order valence-corrected chi connectivity index (χ3v) is 2.54. The van der Waals surface area contributed by atoms with Crippen LogP contribution < -0.4 is 5.32 Å². The van der Waals surface area contributed by atoms with Gasteiger partial charge >= 0.3 is 0 Å². The van der Waals surface area contributed by atoms with Gasteiger partial charge in [-0.25, -0.2) is 0 Å². The molecule has 0 spiro atoms. The number of benzene rings is 1. The van der Waals surface area contributed by atoms with Gasteiger partial charge in [-0.2, -0.15) is 0 Å². The first kappa shape index (κ1) is 15.2. The van der Waals surface area contributed by atoms with E-state index in [0.717, 1.165) is 11.1 Å². The summed E-state index contributed by atoms with van der Waals surface area (Å²) in [6.45, 7) is 2.15. The van der Waals surface area contributed by atoms with Gasteiger partial charge in [0.25, 0.3) is 0 Å². The number of hydrogen-bond acceptors (Lipinski definition) is 3. The van der Waals surface area contributed by atoms with Crippen LogP contribution >= 0.6 is 0 Å². The summed E-state index contributed by atoms with van der Waals surface area (Å²) < 4.78 is 0. The molecular weight excluding hydrogens is 240 g/mol. The minimum absolute atomic E-state index is 0.00987. The average molecular weight is 260 g/mol. The number of hydrogen-bond donors (Lipinski definition) is 2. The molecule has 0 aliphatic heterocycles. The molecule has 4 nitrogen and oxygen atoms in total. The van der Waals surface area contributed by atoms with Crippen molar-refractivity contribution in [3.63, 3.8) is 0 Å². The summed E-state index contributed by atoms with van der Waals surface area (Å²) in [5, 5.41) is 11.6. The molecule has 1 aromatic carbocycles. The third-order valence-electron chi connectivity index (χ3n) is 2.54. The highest BCUT2D eigenvalue weighted by Crippen LogP contribution is 2.13. The molecule has 1 aromatic rings. The topological polar surface area (TPSA) is 52.6 Å². The zero-order valence-corrected chi connectivity index (χ0v) is 11.6. The largest absolute Gasteiger partial charge is 0.384 e. The van der Waals surface area contributed by atoms with Gasteiger partial charge in [-0.3, -0.25) is 4.79 Å². The molecule has 1 unspecified atom stereocenters. The van der Waals surface area contributed by atoms with Crippen molar-refractivity contribution in [3.05, 3.63) is 35.4 Å². The van der Waals surface area contributed by atoms with Gasteiger partial charge in [0, 0.05) is 5.56 Å². The smallest absolute Gasteiger partial charge is 0.234 e. The van der Waals surface area contributed by atoms with E-state index in [0.29, 0.717) is 6.54 Å². The van der Waals surface area contributed by atoms with E-state index in [1.54, 1.807) is 0 Å². The number of carbonyl (C=O) groups excluding carboxylic acids is 1. The maximum Gasteiger partial charge on any atom is 0.234 e.